The summed E-state index contributed by atoms with van der Waals surface area (Å²) in [5, 5.41) is 2.96. The van der Waals surface area contributed by atoms with Crippen molar-refractivity contribution in [2.45, 2.75) is 13.5 Å². The molecular formula is C14H14ClN3O2. The second-order valence-corrected chi connectivity index (χ2v) is 4.36. The van der Waals surface area contributed by atoms with E-state index in [0.29, 0.717) is 18.9 Å². The fourth-order valence-corrected chi connectivity index (χ4v) is 1.77. The second-order valence-electron chi connectivity index (χ2n) is 3.98. The number of aromatic nitrogens is 2. The highest BCUT2D eigenvalue weighted by atomic mass is 35.5. The summed E-state index contributed by atoms with van der Waals surface area (Å²) in [5.41, 5.74) is 1.76. The lowest BCUT2D eigenvalue weighted by Gasteiger charge is -2.10. The van der Waals surface area contributed by atoms with E-state index >= 15 is 0 Å². The number of ether oxygens (including phenoxy) is 1. The number of carbonyl (C=O) groups is 1. The van der Waals surface area contributed by atoms with Gasteiger partial charge in [0.15, 0.2) is 0 Å². The summed E-state index contributed by atoms with van der Waals surface area (Å²) < 4.78 is 5.37. The van der Waals surface area contributed by atoms with Crippen LogP contribution in [-0.4, -0.2) is 22.5 Å². The molecule has 0 aliphatic carbocycles. The molecule has 0 saturated heterocycles. The quantitative estimate of drug-likeness (QED) is 0.920. The number of rotatable bonds is 5. The molecule has 0 unspecified atom stereocenters. The number of nitrogens with one attached hydrogen (secondary N) is 1. The average Bonchev–Trinajstić information content (AvgIpc) is 2.46. The van der Waals surface area contributed by atoms with Gasteiger partial charge in [0.05, 0.1) is 19.0 Å². The van der Waals surface area contributed by atoms with Gasteiger partial charge >= 0.3 is 0 Å². The largest absolute Gasteiger partial charge is 0.377 e. The van der Waals surface area contributed by atoms with Crippen LogP contribution in [0.1, 0.15) is 23.0 Å². The van der Waals surface area contributed by atoms with Crippen molar-refractivity contribution in [3.05, 3.63) is 53.1 Å². The maximum atomic E-state index is 12.1. The van der Waals surface area contributed by atoms with Gasteiger partial charge in [-0.05, 0) is 13.0 Å². The van der Waals surface area contributed by atoms with Crippen molar-refractivity contribution >= 4 is 23.2 Å². The maximum Gasteiger partial charge on any atom is 0.275 e. The number of carbonyl (C=O) groups excluding carboxylic acids is 1. The summed E-state index contributed by atoms with van der Waals surface area (Å²) in [4.78, 5) is 19.8. The Hall–Kier alpha value is -1.98. The molecule has 0 aliphatic rings. The average molecular weight is 292 g/mol. The van der Waals surface area contributed by atoms with Crippen molar-refractivity contribution in [1.82, 2.24) is 9.97 Å². The number of para-hydroxylation sites is 1. The SMILES string of the molecule is CCOCc1ccccc1NC(=O)c1cncc(Cl)n1. The number of hydrogen-bond acceptors (Lipinski definition) is 4. The molecule has 20 heavy (non-hydrogen) atoms. The lowest BCUT2D eigenvalue weighted by molar-refractivity contribution is 0.102. The Bertz CT molecular complexity index is 604. The Kier molecular flexibility index (Phi) is 5.03. The van der Waals surface area contributed by atoms with Crippen LogP contribution in [0.15, 0.2) is 36.7 Å². The number of nitrogens with zero attached hydrogens (tertiary/aromatic N) is 2. The number of benzene rings is 1. The topological polar surface area (TPSA) is 64.1 Å². The normalized spacial score (nSPS) is 10.3. The molecule has 1 N–H and O–H groups in total. The Labute approximate surface area is 122 Å². The van der Waals surface area contributed by atoms with Crippen molar-refractivity contribution in [3.8, 4) is 0 Å². The van der Waals surface area contributed by atoms with Gasteiger partial charge in [-0.15, -0.1) is 0 Å². The van der Waals surface area contributed by atoms with Crippen LogP contribution in [0.25, 0.3) is 0 Å². The zero-order valence-corrected chi connectivity index (χ0v) is 11.7. The first-order valence-corrected chi connectivity index (χ1v) is 6.53. The van der Waals surface area contributed by atoms with Crippen LogP contribution in [-0.2, 0) is 11.3 Å². The van der Waals surface area contributed by atoms with Crippen molar-refractivity contribution in [2.75, 3.05) is 11.9 Å². The van der Waals surface area contributed by atoms with Crippen molar-refractivity contribution in [1.29, 1.82) is 0 Å². The van der Waals surface area contributed by atoms with E-state index in [9.17, 15) is 4.79 Å². The van der Waals surface area contributed by atoms with Gasteiger partial charge in [0.2, 0.25) is 0 Å². The van der Waals surface area contributed by atoms with Crippen LogP contribution in [0.3, 0.4) is 0 Å². The summed E-state index contributed by atoms with van der Waals surface area (Å²) in [6.07, 6.45) is 2.74. The number of amides is 1. The first kappa shape index (κ1) is 14.4. The van der Waals surface area contributed by atoms with E-state index in [-0.39, 0.29) is 16.8 Å². The van der Waals surface area contributed by atoms with E-state index in [1.807, 2.05) is 31.2 Å². The van der Waals surface area contributed by atoms with E-state index < -0.39 is 0 Å². The molecule has 0 radical (unpaired) electrons. The Morgan fingerprint density at radius 2 is 2.15 bits per heavy atom. The first-order chi connectivity index (χ1) is 9.70. The lowest BCUT2D eigenvalue weighted by Crippen LogP contribution is -2.15. The summed E-state index contributed by atoms with van der Waals surface area (Å²) in [7, 11) is 0. The zero-order valence-electron chi connectivity index (χ0n) is 11.0. The van der Waals surface area contributed by atoms with Gasteiger partial charge in [0, 0.05) is 17.9 Å². The predicted molar refractivity (Wildman–Crippen MR) is 76.8 cm³/mol. The van der Waals surface area contributed by atoms with Crippen LogP contribution in [0.5, 0.6) is 0 Å². The molecule has 1 aromatic carbocycles. The standard InChI is InChI=1S/C14H14ClN3O2/c1-2-20-9-10-5-3-4-6-11(10)18-14(19)12-7-16-8-13(15)17-12/h3-8H,2,9H2,1H3,(H,18,19). The monoisotopic (exact) mass is 291 g/mol. The first-order valence-electron chi connectivity index (χ1n) is 6.15. The lowest BCUT2D eigenvalue weighted by atomic mass is 10.2. The molecule has 5 nitrogen and oxygen atoms in total. The van der Waals surface area contributed by atoms with Crippen molar-refractivity contribution in [3.63, 3.8) is 0 Å². The molecule has 0 fully saturated rings. The third-order valence-corrected chi connectivity index (χ3v) is 2.75. The van der Waals surface area contributed by atoms with Gasteiger partial charge in [-0.1, -0.05) is 29.8 Å². The molecule has 0 spiro atoms. The summed E-state index contributed by atoms with van der Waals surface area (Å²) >= 11 is 5.72. The molecule has 0 aliphatic heterocycles. The molecule has 0 bridgehead atoms. The maximum absolute atomic E-state index is 12.1. The summed E-state index contributed by atoms with van der Waals surface area (Å²) in [5.74, 6) is -0.357. The highest BCUT2D eigenvalue weighted by molar-refractivity contribution is 6.29. The van der Waals surface area contributed by atoms with Crippen molar-refractivity contribution in [2.24, 2.45) is 0 Å². The molecular weight excluding hydrogens is 278 g/mol. The molecule has 0 atom stereocenters. The Morgan fingerprint density at radius 1 is 1.35 bits per heavy atom. The molecule has 104 valence electrons. The highest BCUT2D eigenvalue weighted by Crippen LogP contribution is 2.17. The van der Waals surface area contributed by atoms with E-state index in [2.05, 4.69) is 15.3 Å². The molecule has 0 saturated carbocycles. The third kappa shape index (κ3) is 3.76. The van der Waals surface area contributed by atoms with Gasteiger partial charge in [-0.3, -0.25) is 9.78 Å². The minimum absolute atomic E-state index is 0.170. The van der Waals surface area contributed by atoms with E-state index in [4.69, 9.17) is 16.3 Å². The third-order valence-electron chi connectivity index (χ3n) is 2.57. The molecule has 2 rings (SSSR count). The molecule has 1 amide bonds. The number of anilines is 1. The summed E-state index contributed by atoms with van der Waals surface area (Å²) in [6, 6.07) is 7.44. The van der Waals surface area contributed by atoms with E-state index in [0.717, 1.165) is 5.56 Å². The van der Waals surface area contributed by atoms with Gasteiger partial charge in [-0.25, -0.2) is 4.98 Å². The van der Waals surface area contributed by atoms with Gasteiger partial charge in [0.25, 0.3) is 5.91 Å². The van der Waals surface area contributed by atoms with Crippen LogP contribution < -0.4 is 5.32 Å². The smallest absolute Gasteiger partial charge is 0.275 e. The molecule has 2 aromatic rings. The Balaban J connectivity index is 2.15. The van der Waals surface area contributed by atoms with Gasteiger partial charge < -0.3 is 10.1 Å². The minimum Gasteiger partial charge on any atom is -0.377 e. The fraction of sp³-hybridized carbons (Fsp3) is 0.214. The zero-order chi connectivity index (χ0) is 14.4. The van der Waals surface area contributed by atoms with Crippen molar-refractivity contribution < 1.29 is 9.53 Å². The minimum atomic E-state index is -0.357. The van der Waals surface area contributed by atoms with E-state index in [1.165, 1.54) is 12.4 Å². The number of halogens is 1. The predicted octanol–water partition coefficient (Wildman–Crippen LogP) is 2.92. The number of hydrogen-bond donors (Lipinski definition) is 1. The Morgan fingerprint density at radius 3 is 2.90 bits per heavy atom. The summed E-state index contributed by atoms with van der Waals surface area (Å²) in [6.45, 7) is 2.97. The van der Waals surface area contributed by atoms with Crippen LogP contribution >= 0.6 is 11.6 Å². The molecule has 1 aromatic heterocycles. The van der Waals surface area contributed by atoms with Crippen LogP contribution in [0, 0.1) is 0 Å². The van der Waals surface area contributed by atoms with Gasteiger partial charge in [0.1, 0.15) is 10.8 Å². The molecule has 1 heterocycles. The van der Waals surface area contributed by atoms with Crippen LogP contribution in [0.2, 0.25) is 5.15 Å². The van der Waals surface area contributed by atoms with Crippen LogP contribution in [0.4, 0.5) is 5.69 Å². The van der Waals surface area contributed by atoms with Gasteiger partial charge in [-0.2, -0.15) is 0 Å². The second kappa shape index (κ2) is 6.98. The highest BCUT2D eigenvalue weighted by Gasteiger charge is 2.11. The fourth-order valence-electron chi connectivity index (χ4n) is 1.62. The van der Waals surface area contributed by atoms with E-state index in [1.54, 1.807) is 0 Å². The molecule has 6 heteroatoms.